The van der Waals surface area contributed by atoms with Crippen LogP contribution in [-0.4, -0.2) is 43.0 Å². The van der Waals surface area contributed by atoms with Gasteiger partial charge >= 0.3 is 0 Å². The Morgan fingerprint density at radius 3 is 2.74 bits per heavy atom. The molecule has 0 bridgehead atoms. The number of carbonyl (C=O) groups excluding carboxylic acids is 1. The Morgan fingerprint density at radius 1 is 1.37 bits per heavy atom. The Balaban J connectivity index is 2.43. The molecule has 0 radical (unpaired) electrons. The van der Waals surface area contributed by atoms with E-state index in [2.05, 4.69) is 20.6 Å². The summed E-state index contributed by atoms with van der Waals surface area (Å²) < 4.78 is 0. The largest absolute Gasteiger partial charge is 0.352 e. The van der Waals surface area contributed by atoms with Gasteiger partial charge in [-0.3, -0.25) is 4.79 Å². The number of carbonyl (C=O) groups is 1. The Kier molecular flexibility index (Phi) is 6.24. The highest BCUT2D eigenvalue weighted by atomic mass is 16.1. The molecule has 0 saturated heterocycles. The molecule has 1 amide bonds. The molecule has 19 heavy (non-hydrogen) atoms. The minimum Gasteiger partial charge on any atom is -0.352 e. The predicted octanol–water partition coefficient (Wildman–Crippen LogP) is 0.747. The SMILES string of the molecule is Cc1cc(C(=O)NCCCCN(C)C)cc(NN)n1. The maximum absolute atomic E-state index is 11.9. The number of hydrogen-bond donors (Lipinski definition) is 3. The van der Waals surface area contributed by atoms with E-state index in [1.807, 2.05) is 21.0 Å². The van der Waals surface area contributed by atoms with Gasteiger partial charge in [-0.25, -0.2) is 10.8 Å². The number of nitrogens with two attached hydrogens (primary N) is 1. The van der Waals surface area contributed by atoms with Gasteiger partial charge in [-0.15, -0.1) is 0 Å². The van der Waals surface area contributed by atoms with E-state index in [9.17, 15) is 4.79 Å². The van der Waals surface area contributed by atoms with Crippen molar-refractivity contribution in [1.82, 2.24) is 15.2 Å². The van der Waals surface area contributed by atoms with Gasteiger partial charge in [0.1, 0.15) is 5.82 Å². The topological polar surface area (TPSA) is 83.3 Å². The van der Waals surface area contributed by atoms with Crippen LogP contribution in [0.4, 0.5) is 5.82 Å². The minimum atomic E-state index is -0.0909. The molecule has 0 saturated carbocycles. The maximum Gasteiger partial charge on any atom is 0.251 e. The molecule has 0 unspecified atom stereocenters. The minimum absolute atomic E-state index is 0.0909. The van der Waals surface area contributed by atoms with Gasteiger partial charge in [0.05, 0.1) is 0 Å². The number of rotatable bonds is 7. The molecule has 0 aliphatic rings. The number of nitrogens with zero attached hydrogens (tertiary/aromatic N) is 2. The van der Waals surface area contributed by atoms with Crippen LogP contribution in [0.3, 0.4) is 0 Å². The quantitative estimate of drug-likeness (QED) is 0.385. The number of nitrogens with one attached hydrogen (secondary N) is 2. The number of pyridine rings is 1. The second-order valence-corrected chi connectivity index (χ2v) is 4.79. The van der Waals surface area contributed by atoms with Crippen molar-refractivity contribution >= 4 is 11.7 Å². The zero-order valence-electron chi connectivity index (χ0n) is 11.9. The summed E-state index contributed by atoms with van der Waals surface area (Å²) in [4.78, 5) is 18.2. The molecular formula is C13H23N5O. The summed E-state index contributed by atoms with van der Waals surface area (Å²) in [6.45, 7) is 3.54. The highest BCUT2D eigenvalue weighted by Gasteiger charge is 2.07. The summed E-state index contributed by atoms with van der Waals surface area (Å²) >= 11 is 0. The zero-order chi connectivity index (χ0) is 14.3. The van der Waals surface area contributed by atoms with Crippen LogP contribution in [0.25, 0.3) is 0 Å². The van der Waals surface area contributed by atoms with E-state index in [0.717, 1.165) is 25.1 Å². The number of nitrogen functional groups attached to an aromatic ring is 1. The molecule has 0 aliphatic heterocycles. The lowest BCUT2D eigenvalue weighted by Gasteiger charge is -2.10. The van der Waals surface area contributed by atoms with Gasteiger partial charge in [0.2, 0.25) is 0 Å². The van der Waals surface area contributed by atoms with Gasteiger partial charge in [0.15, 0.2) is 0 Å². The van der Waals surface area contributed by atoms with Crippen molar-refractivity contribution < 1.29 is 4.79 Å². The molecule has 6 heteroatoms. The van der Waals surface area contributed by atoms with Crippen molar-refractivity contribution in [3.05, 3.63) is 23.4 Å². The number of hydrogen-bond acceptors (Lipinski definition) is 5. The molecule has 4 N–H and O–H groups in total. The van der Waals surface area contributed by atoms with Crippen molar-refractivity contribution in [2.24, 2.45) is 5.84 Å². The second kappa shape index (κ2) is 7.70. The van der Waals surface area contributed by atoms with Gasteiger partial charge < -0.3 is 15.6 Å². The van der Waals surface area contributed by atoms with Crippen molar-refractivity contribution in [3.8, 4) is 0 Å². The van der Waals surface area contributed by atoms with Crippen LogP contribution in [-0.2, 0) is 0 Å². The molecule has 0 spiro atoms. The first kappa shape index (κ1) is 15.4. The fourth-order valence-electron chi connectivity index (χ4n) is 1.73. The van der Waals surface area contributed by atoms with Crippen molar-refractivity contribution in [2.75, 3.05) is 32.6 Å². The molecule has 1 heterocycles. The van der Waals surface area contributed by atoms with Gasteiger partial charge in [-0.1, -0.05) is 0 Å². The van der Waals surface area contributed by atoms with E-state index >= 15 is 0 Å². The second-order valence-electron chi connectivity index (χ2n) is 4.79. The third kappa shape index (κ3) is 5.67. The summed E-state index contributed by atoms with van der Waals surface area (Å²) in [5.41, 5.74) is 3.79. The Labute approximate surface area is 114 Å². The third-order valence-electron chi connectivity index (χ3n) is 2.68. The van der Waals surface area contributed by atoms with Gasteiger partial charge in [-0.2, -0.15) is 0 Å². The van der Waals surface area contributed by atoms with Crippen LogP contribution >= 0.6 is 0 Å². The summed E-state index contributed by atoms with van der Waals surface area (Å²) in [6, 6.07) is 3.39. The molecule has 106 valence electrons. The average Bonchev–Trinajstić information content (AvgIpc) is 2.36. The molecule has 1 rings (SSSR count). The van der Waals surface area contributed by atoms with Crippen molar-refractivity contribution in [3.63, 3.8) is 0 Å². The summed E-state index contributed by atoms with van der Waals surface area (Å²) in [5.74, 6) is 5.71. The molecule has 0 aromatic carbocycles. The number of anilines is 1. The van der Waals surface area contributed by atoms with Crippen molar-refractivity contribution in [2.45, 2.75) is 19.8 Å². The standard InChI is InChI=1S/C13H23N5O/c1-10-8-11(9-12(16-10)17-14)13(19)15-6-4-5-7-18(2)3/h8-9H,4-7,14H2,1-3H3,(H,15,19)(H,16,17). The van der Waals surface area contributed by atoms with Crippen LogP contribution in [0, 0.1) is 6.92 Å². The number of unbranched alkanes of at least 4 members (excludes halogenated alkanes) is 1. The van der Waals surface area contributed by atoms with Crippen LogP contribution in [0.15, 0.2) is 12.1 Å². The lowest BCUT2D eigenvalue weighted by atomic mass is 10.2. The highest BCUT2D eigenvalue weighted by molar-refractivity contribution is 5.94. The number of aromatic nitrogens is 1. The van der Waals surface area contributed by atoms with E-state index in [-0.39, 0.29) is 5.91 Å². The number of aryl methyl sites for hydroxylation is 1. The lowest BCUT2D eigenvalue weighted by Crippen LogP contribution is -2.25. The van der Waals surface area contributed by atoms with E-state index in [1.54, 1.807) is 12.1 Å². The fraction of sp³-hybridized carbons (Fsp3) is 0.538. The van der Waals surface area contributed by atoms with Crippen molar-refractivity contribution in [1.29, 1.82) is 0 Å². The Hall–Kier alpha value is -1.66. The third-order valence-corrected chi connectivity index (χ3v) is 2.68. The maximum atomic E-state index is 11.9. The highest BCUT2D eigenvalue weighted by Crippen LogP contribution is 2.08. The van der Waals surface area contributed by atoms with Crippen LogP contribution in [0.5, 0.6) is 0 Å². The molecular weight excluding hydrogens is 242 g/mol. The zero-order valence-corrected chi connectivity index (χ0v) is 11.9. The molecule has 1 aromatic rings. The first-order chi connectivity index (χ1) is 9.02. The number of hydrazine groups is 1. The molecule has 0 atom stereocenters. The smallest absolute Gasteiger partial charge is 0.251 e. The van der Waals surface area contributed by atoms with E-state index in [0.29, 0.717) is 17.9 Å². The lowest BCUT2D eigenvalue weighted by molar-refractivity contribution is 0.0952. The van der Waals surface area contributed by atoms with Gasteiger partial charge in [0.25, 0.3) is 5.91 Å². The van der Waals surface area contributed by atoms with Crippen LogP contribution in [0.1, 0.15) is 28.9 Å². The molecule has 0 aliphatic carbocycles. The molecule has 0 fully saturated rings. The van der Waals surface area contributed by atoms with Crippen LogP contribution in [0.2, 0.25) is 0 Å². The van der Waals surface area contributed by atoms with Crippen LogP contribution < -0.4 is 16.6 Å². The van der Waals surface area contributed by atoms with E-state index in [1.165, 1.54) is 0 Å². The Morgan fingerprint density at radius 2 is 2.11 bits per heavy atom. The Bertz CT molecular complexity index is 419. The first-order valence-electron chi connectivity index (χ1n) is 6.41. The fourth-order valence-corrected chi connectivity index (χ4v) is 1.73. The summed E-state index contributed by atoms with van der Waals surface area (Å²) in [6.07, 6.45) is 2.04. The molecule has 1 aromatic heterocycles. The monoisotopic (exact) mass is 265 g/mol. The van der Waals surface area contributed by atoms with Gasteiger partial charge in [0, 0.05) is 17.8 Å². The predicted molar refractivity (Wildman–Crippen MR) is 76.9 cm³/mol. The number of amides is 1. The summed E-state index contributed by atoms with van der Waals surface area (Å²) in [7, 11) is 4.08. The average molecular weight is 265 g/mol. The normalized spacial score (nSPS) is 10.6. The first-order valence-corrected chi connectivity index (χ1v) is 6.41. The summed E-state index contributed by atoms with van der Waals surface area (Å²) in [5, 5.41) is 2.90. The van der Waals surface area contributed by atoms with Gasteiger partial charge in [-0.05, 0) is 52.5 Å². The van der Waals surface area contributed by atoms with E-state index in [4.69, 9.17) is 5.84 Å². The van der Waals surface area contributed by atoms with E-state index < -0.39 is 0 Å². The molecule has 6 nitrogen and oxygen atoms in total.